The number of hydrogen-bond donors (Lipinski definition) is 2. The summed E-state index contributed by atoms with van der Waals surface area (Å²) in [6, 6.07) is -0.449. The van der Waals surface area contributed by atoms with E-state index in [1.807, 2.05) is 0 Å². The van der Waals surface area contributed by atoms with Crippen LogP contribution in [0, 0.1) is 0 Å². The Morgan fingerprint density at radius 1 is 1.40 bits per heavy atom. The molecule has 0 spiro atoms. The second-order valence-corrected chi connectivity index (χ2v) is 7.54. The lowest BCUT2D eigenvalue weighted by Gasteiger charge is -2.28. The quantitative estimate of drug-likeness (QED) is 0.689. The summed E-state index contributed by atoms with van der Waals surface area (Å²) in [6.07, 6.45) is 0.651. The Labute approximate surface area is 118 Å². The van der Waals surface area contributed by atoms with Crippen LogP contribution in [0.1, 0.15) is 27.2 Å². The Morgan fingerprint density at radius 2 is 2.00 bits per heavy atom. The number of rotatable bonds is 4. The van der Waals surface area contributed by atoms with E-state index in [0.29, 0.717) is 12.8 Å². The van der Waals surface area contributed by atoms with Crippen LogP contribution >= 0.6 is 0 Å². The van der Waals surface area contributed by atoms with E-state index in [-0.39, 0.29) is 6.54 Å². The molecule has 0 aromatic rings. The molecule has 116 valence electrons. The monoisotopic (exact) mass is 307 g/mol. The van der Waals surface area contributed by atoms with Crippen LogP contribution in [0.2, 0.25) is 0 Å². The molecule has 0 aromatic heterocycles. The molecule has 0 aromatic carbocycles. The van der Waals surface area contributed by atoms with Gasteiger partial charge in [-0.1, -0.05) is 0 Å². The molecular formula is C11H21N3O5S. The Bertz CT molecular complexity index is 471. The Kier molecular flexibility index (Phi) is 4.98. The van der Waals surface area contributed by atoms with Gasteiger partial charge in [0.2, 0.25) is 16.4 Å². The lowest BCUT2D eigenvalue weighted by atomic mass is 10.2. The predicted molar refractivity (Wildman–Crippen MR) is 72.3 cm³/mol. The highest BCUT2D eigenvalue weighted by Gasteiger charge is 2.38. The van der Waals surface area contributed by atoms with Crippen molar-refractivity contribution in [2.45, 2.75) is 45.0 Å². The molecule has 0 aliphatic carbocycles. The number of sulfonamides is 1. The number of carbonyl (C=O) groups excluding carboxylic acids is 2. The third kappa shape index (κ3) is 5.33. The first-order valence-electron chi connectivity index (χ1n) is 6.18. The summed E-state index contributed by atoms with van der Waals surface area (Å²) in [7, 11) is -3.38. The molecule has 0 radical (unpaired) electrons. The highest BCUT2D eigenvalue weighted by molar-refractivity contribution is 7.88. The number of ether oxygens (including phenoxy) is 1. The molecule has 2 amide bonds. The van der Waals surface area contributed by atoms with Crippen molar-refractivity contribution in [1.82, 2.24) is 14.9 Å². The Hall–Kier alpha value is -1.35. The van der Waals surface area contributed by atoms with E-state index < -0.39 is 33.9 Å². The fraction of sp³-hybridized carbons (Fsp3) is 0.818. The minimum atomic E-state index is -3.38. The van der Waals surface area contributed by atoms with Gasteiger partial charge in [-0.05, 0) is 20.8 Å². The lowest BCUT2D eigenvalue weighted by molar-refractivity contribution is -0.110. The van der Waals surface area contributed by atoms with Crippen molar-refractivity contribution in [3.05, 3.63) is 0 Å². The number of hydrogen-bond acceptors (Lipinski definition) is 5. The maximum Gasteiger partial charge on any atom is 0.411 e. The number of nitrogens with zero attached hydrogens (tertiary/aromatic N) is 1. The van der Waals surface area contributed by atoms with Crippen LogP contribution in [0.15, 0.2) is 0 Å². The fourth-order valence-corrected chi connectivity index (χ4v) is 2.76. The number of likely N-dealkylation sites (tertiary alicyclic amines) is 1. The van der Waals surface area contributed by atoms with Crippen LogP contribution in [0.5, 0.6) is 0 Å². The fourth-order valence-electron chi connectivity index (χ4n) is 1.98. The summed E-state index contributed by atoms with van der Waals surface area (Å²) in [5.41, 5.74) is -0.662. The van der Waals surface area contributed by atoms with Crippen LogP contribution < -0.4 is 10.0 Å². The largest absolute Gasteiger partial charge is 0.444 e. The SMILES string of the molecule is CC(C)(C)OC(=O)N1CC(NS(C)(=O)=O)C[C@@H]1NC=O. The van der Waals surface area contributed by atoms with E-state index in [9.17, 15) is 18.0 Å². The van der Waals surface area contributed by atoms with E-state index in [1.54, 1.807) is 20.8 Å². The first-order valence-corrected chi connectivity index (χ1v) is 8.07. The highest BCUT2D eigenvalue weighted by Crippen LogP contribution is 2.20. The van der Waals surface area contributed by atoms with Gasteiger partial charge in [0, 0.05) is 19.0 Å². The zero-order chi connectivity index (χ0) is 15.6. The van der Waals surface area contributed by atoms with E-state index in [2.05, 4.69) is 10.0 Å². The third-order valence-electron chi connectivity index (χ3n) is 2.57. The standard InChI is InChI=1S/C11H21N3O5S/c1-11(2,3)19-10(16)14-6-8(13-20(4,17)18)5-9(14)12-7-15/h7-9,13H,5-6H2,1-4H3,(H,12,15)/t8?,9-/m1/s1. The highest BCUT2D eigenvalue weighted by atomic mass is 32.2. The smallest absolute Gasteiger partial charge is 0.411 e. The van der Waals surface area contributed by atoms with Crippen LogP contribution in [0.3, 0.4) is 0 Å². The number of carbonyl (C=O) groups is 2. The molecule has 1 saturated heterocycles. The van der Waals surface area contributed by atoms with Crippen molar-refractivity contribution >= 4 is 22.5 Å². The molecule has 1 heterocycles. The van der Waals surface area contributed by atoms with E-state index in [1.165, 1.54) is 4.90 Å². The molecule has 2 atom stereocenters. The summed E-state index contributed by atoms with van der Waals surface area (Å²) < 4.78 is 30.1. The van der Waals surface area contributed by atoms with Crippen molar-refractivity contribution in [3.63, 3.8) is 0 Å². The van der Waals surface area contributed by atoms with Gasteiger partial charge in [-0.3, -0.25) is 9.69 Å². The van der Waals surface area contributed by atoms with Crippen molar-refractivity contribution in [3.8, 4) is 0 Å². The summed E-state index contributed by atoms with van der Waals surface area (Å²) >= 11 is 0. The zero-order valence-electron chi connectivity index (χ0n) is 12.0. The summed E-state index contributed by atoms with van der Waals surface area (Å²) in [6.45, 7) is 5.34. The van der Waals surface area contributed by atoms with Gasteiger partial charge in [-0.25, -0.2) is 17.9 Å². The van der Waals surface area contributed by atoms with Crippen LogP contribution in [-0.2, 0) is 19.6 Å². The molecule has 1 rings (SSSR count). The second-order valence-electron chi connectivity index (χ2n) is 5.76. The minimum absolute atomic E-state index is 0.146. The first-order chi connectivity index (χ1) is 9.02. The van der Waals surface area contributed by atoms with Gasteiger partial charge in [0.05, 0.1) is 6.26 Å². The van der Waals surface area contributed by atoms with E-state index in [4.69, 9.17) is 4.74 Å². The van der Waals surface area contributed by atoms with Crippen molar-refractivity contribution in [2.75, 3.05) is 12.8 Å². The normalized spacial score (nSPS) is 23.5. The van der Waals surface area contributed by atoms with Gasteiger partial charge in [-0.2, -0.15) is 0 Å². The molecule has 2 N–H and O–H groups in total. The van der Waals surface area contributed by atoms with Crippen molar-refractivity contribution < 1.29 is 22.7 Å². The maximum atomic E-state index is 12.0. The molecule has 1 aliphatic rings. The molecule has 8 nitrogen and oxygen atoms in total. The average Bonchev–Trinajstić information content (AvgIpc) is 2.56. The van der Waals surface area contributed by atoms with Crippen molar-refractivity contribution in [2.24, 2.45) is 0 Å². The molecule has 20 heavy (non-hydrogen) atoms. The zero-order valence-corrected chi connectivity index (χ0v) is 12.9. The molecular weight excluding hydrogens is 286 g/mol. The van der Waals surface area contributed by atoms with Crippen molar-refractivity contribution in [1.29, 1.82) is 0 Å². The summed E-state index contributed by atoms with van der Waals surface area (Å²) in [5, 5.41) is 2.49. The van der Waals surface area contributed by atoms with Crippen LogP contribution in [-0.4, -0.2) is 56.4 Å². The van der Waals surface area contributed by atoms with Gasteiger partial charge in [0.25, 0.3) is 0 Å². The molecule has 0 saturated carbocycles. The third-order valence-corrected chi connectivity index (χ3v) is 3.33. The summed E-state index contributed by atoms with van der Waals surface area (Å²) in [5.74, 6) is 0. The van der Waals surface area contributed by atoms with Crippen LogP contribution in [0.25, 0.3) is 0 Å². The van der Waals surface area contributed by atoms with Gasteiger partial charge in [0.1, 0.15) is 11.8 Å². The number of nitrogens with one attached hydrogen (secondary N) is 2. The second kappa shape index (κ2) is 5.96. The number of amides is 2. The van der Waals surface area contributed by atoms with Gasteiger partial charge < -0.3 is 10.1 Å². The van der Waals surface area contributed by atoms with E-state index in [0.717, 1.165) is 6.26 Å². The molecule has 0 bridgehead atoms. The average molecular weight is 307 g/mol. The lowest BCUT2D eigenvalue weighted by Crippen LogP contribution is -2.46. The maximum absolute atomic E-state index is 12.0. The van der Waals surface area contributed by atoms with Gasteiger partial charge in [0.15, 0.2) is 0 Å². The van der Waals surface area contributed by atoms with Gasteiger partial charge >= 0.3 is 6.09 Å². The van der Waals surface area contributed by atoms with E-state index >= 15 is 0 Å². The Balaban J connectivity index is 2.77. The molecule has 9 heteroatoms. The summed E-state index contributed by atoms with van der Waals surface area (Å²) in [4.78, 5) is 23.9. The molecule has 1 unspecified atom stereocenters. The molecule has 1 fully saturated rings. The predicted octanol–water partition coefficient (Wildman–Crippen LogP) is -0.383. The van der Waals surface area contributed by atoms with Crippen LogP contribution in [0.4, 0.5) is 4.79 Å². The first kappa shape index (κ1) is 16.7. The van der Waals surface area contributed by atoms with Gasteiger partial charge in [-0.15, -0.1) is 0 Å². The topological polar surface area (TPSA) is 105 Å². The molecule has 1 aliphatic heterocycles. The Morgan fingerprint density at radius 3 is 2.45 bits per heavy atom. The minimum Gasteiger partial charge on any atom is -0.444 e.